The molecule has 7 nitrogen and oxygen atoms in total. The minimum atomic E-state index is -0.462. The van der Waals surface area contributed by atoms with Crippen LogP contribution in [0.4, 0.5) is 5.69 Å². The van der Waals surface area contributed by atoms with Gasteiger partial charge in [0.25, 0.3) is 11.1 Å². The van der Waals surface area contributed by atoms with Gasteiger partial charge in [0, 0.05) is 12.2 Å². The van der Waals surface area contributed by atoms with Gasteiger partial charge in [-0.2, -0.15) is 0 Å². The van der Waals surface area contributed by atoms with E-state index in [-0.39, 0.29) is 11.7 Å². The molecule has 0 spiro atoms. The normalized spacial score (nSPS) is 17.7. The zero-order chi connectivity index (χ0) is 19.6. The molecule has 0 aliphatic carbocycles. The summed E-state index contributed by atoms with van der Waals surface area (Å²) in [6.07, 6.45) is 1.52. The van der Waals surface area contributed by atoms with Crippen LogP contribution in [0.3, 0.4) is 0 Å². The van der Waals surface area contributed by atoms with Crippen molar-refractivity contribution in [3.63, 3.8) is 0 Å². The second-order valence-electron chi connectivity index (χ2n) is 6.84. The van der Waals surface area contributed by atoms with E-state index in [9.17, 15) is 4.79 Å². The predicted molar refractivity (Wildman–Crippen MR) is 107 cm³/mol. The number of hydrogen-bond donors (Lipinski definition) is 0. The van der Waals surface area contributed by atoms with Crippen LogP contribution in [0.25, 0.3) is 0 Å². The van der Waals surface area contributed by atoms with E-state index in [1.54, 1.807) is 0 Å². The monoisotopic (exact) mass is 409 g/mol. The molecule has 2 aromatic carbocycles. The summed E-state index contributed by atoms with van der Waals surface area (Å²) in [6, 6.07) is 15.5. The van der Waals surface area contributed by atoms with E-state index in [1.165, 1.54) is 17.3 Å². The van der Waals surface area contributed by atoms with Crippen molar-refractivity contribution in [3.05, 3.63) is 60.0 Å². The van der Waals surface area contributed by atoms with Crippen LogP contribution in [-0.2, 0) is 11.2 Å². The Morgan fingerprint density at radius 2 is 1.93 bits per heavy atom. The lowest BCUT2D eigenvalue weighted by Crippen LogP contribution is -2.36. The molecule has 3 aromatic rings. The summed E-state index contributed by atoms with van der Waals surface area (Å²) < 4.78 is 17.3. The summed E-state index contributed by atoms with van der Waals surface area (Å²) in [4.78, 5) is 14.6. The van der Waals surface area contributed by atoms with E-state index in [2.05, 4.69) is 16.3 Å². The third-order valence-corrected chi connectivity index (χ3v) is 5.74. The Bertz CT molecular complexity index is 1040. The first-order valence-corrected chi connectivity index (χ1v) is 10.5. The highest BCUT2D eigenvalue weighted by molar-refractivity contribution is 7.99. The number of aryl methyl sites for hydroxylation is 1. The highest BCUT2D eigenvalue weighted by atomic mass is 32.2. The number of ether oxygens (including phenoxy) is 2. The van der Waals surface area contributed by atoms with Crippen LogP contribution in [0.2, 0.25) is 0 Å². The van der Waals surface area contributed by atoms with E-state index >= 15 is 0 Å². The fourth-order valence-corrected chi connectivity index (χ4v) is 4.19. The summed E-state index contributed by atoms with van der Waals surface area (Å²) >= 11 is 1.24. The van der Waals surface area contributed by atoms with Crippen LogP contribution in [0.5, 0.6) is 11.5 Å². The quantitative estimate of drug-likeness (QED) is 0.609. The largest absolute Gasteiger partial charge is 0.485 e. The van der Waals surface area contributed by atoms with Crippen LogP contribution < -0.4 is 14.4 Å². The standard InChI is InChI=1S/C21H19N3O4S/c25-19(24-11-5-7-14-6-1-2-8-15(14)24)13-29-21-23-22-20(28-21)18-12-26-16-9-3-4-10-17(16)27-18/h1-4,6,8-10,18H,5,7,11-13H2/t18-/m0/s1. The van der Waals surface area contributed by atoms with Gasteiger partial charge in [-0.3, -0.25) is 4.79 Å². The van der Waals surface area contributed by atoms with Gasteiger partial charge >= 0.3 is 0 Å². The first-order valence-electron chi connectivity index (χ1n) is 9.51. The Morgan fingerprint density at radius 3 is 2.86 bits per heavy atom. The van der Waals surface area contributed by atoms with Gasteiger partial charge < -0.3 is 18.8 Å². The number of benzene rings is 2. The SMILES string of the molecule is O=C(CSc1nnc([C@@H]2COc3ccccc3O2)o1)N1CCCc2ccccc21. The zero-order valence-electron chi connectivity index (χ0n) is 15.6. The predicted octanol–water partition coefficient (Wildman–Crippen LogP) is 3.65. The molecule has 0 unspecified atom stereocenters. The van der Waals surface area contributed by atoms with Gasteiger partial charge in [-0.25, -0.2) is 0 Å². The van der Waals surface area contributed by atoms with Crippen LogP contribution in [0.1, 0.15) is 24.0 Å². The molecule has 29 heavy (non-hydrogen) atoms. The number of hydrogen-bond acceptors (Lipinski definition) is 7. The van der Waals surface area contributed by atoms with Gasteiger partial charge in [-0.05, 0) is 36.6 Å². The maximum absolute atomic E-state index is 12.8. The molecule has 1 aromatic heterocycles. The average molecular weight is 409 g/mol. The number of fused-ring (bicyclic) bond motifs is 2. The summed E-state index contributed by atoms with van der Waals surface area (Å²) in [5, 5.41) is 8.47. The number of carbonyl (C=O) groups is 1. The molecule has 0 radical (unpaired) electrons. The molecule has 5 rings (SSSR count). The summed E-state index contributed by atoms with van der Waals surface area (Å²) in [5.74, 6) is 1.96. The Morgan fingerprint density at radius 1 is 1.10 bits per heavy atom. The number of para-hydroxylation sites is 3. The zero-order valence-corrected chi connectivity index (χ0v) is 16.4. The van der Waals surface area contributed by atoms with Gasteiger partial charge in [-0.15, -0.1) is 10.2 Å². The summed E-state index contributed by atoms with van der Waals surface area (Å²) in [5.41, 5.74) is 2.22. The fraction of sp³-hybridized carbons (Fsp3) is 0.286. The second-order valence-corrected chi connectivity index (χ2v) is 7.76. The molecule has 8 heteroatoms. The van der Waals surface area contributed by atoms with Crippen LogP contribution >= 0.6 is 11.8 Å². The Balaban J connectivity index is 1.22. The number of nitrogens with zero attached hydrogens (tertiary/aromatic N) is 3. The Kier molecular flexibility index (Phi) is 4.85. The first kappa shape index (κ1) is 18.1. The fourth-order valence-electron chi connectivity index (χ4n) is 3.54. The molecule has 1 atom stereocenters. The molecule has 2 aliphatic heterocycles. The molecule has 0 saturated carbocycles. The maximum Gasteiger partial charge on any atom is 0.277 e. The molecule has 1 amide bonds. The second kappa shape index (κ2) is 7.79. The van der Waals surface area contributed by atoms with Gasteiger partial charge in [0.2, 0.25) is 12.0 Å². The molecule has 3 heterocycles. The van der Waals surface area contributed by atoms with E-state index in [4.69, 9.17) is 13.9 Å². The van der Waals surface area contributed by atoms with Crippen molar-refractivity contribution in [1.29, 1.82) is 0 Å². The molecule has 0 bridgehead atoms. The molecular formula is C21H19N3O4S. The van der Waals surface area contributed by atoms with E-state index < -0.39 is 6.10 Å². The topological polar surface area (TPSA) is 77.7 Å². The lowest BCUT2D eigenvalue weighted by molar-refractivity contribution is -0.116. The van der Waals surface area contributed by atoms with E-state index in [0.29, 0.717) is 29.2 Å². The Hall–Kier alpha value is -3.00. The van der Waals surface area contributed by atoms with Gasteiger partial charge in [0.15, 0.2) is 11.5 Å². The van der Waals surface area contributed by atoms with Crippen LogP contribution in [-0.4, -0.2) is 35.0 Å². The van der Waals surface area contributed by atoms with Crippen molar-refractivity contribution in [2.24, 2.45) is 0 Å². The van der Waals surface area contributed by atoms with Crippen LogP contribution in [0, 0.1) is 0 Å². The maximum atomic E-state index is 12.8. The van der Waals surface area contributed by atoms with Crippen molar-refractivity contribution in [1.82, 2.24) is 10.2 Å². The summed E-state index contributed by atoms with van der Waals surface area (Å²) in [6.45, 7) is 1.03. The number of anilines is 1. The molecule has 0 N–H and O–H groups in total. The number of amides is 1. The molecule has 2 aliphatic rings. The molecule has 148 valence electrons. The summed E-state index contributed by atoms with van der Waals surface area (Å²) in [7, 11) is 0. The molecule has 0 saturated heterocycles. The molecular weight excluding hydrogens is 390 g/mol. The van der Waals surface area contributed by atoms with E-state index in [0.717, 1.165) is 25.1 Å². The van der Waals surface area contributed by atoms with Crippen molar-refractivity contribution in [2.45, 2.75) is 24.2 Å². The number of rotatable bonds is 4. The number of aromatic nitrogens is 2. The highest BCUT2D eigenvalue weighted by Crippen LogP contribution is 2.36. The third kappa shape index (κ3) is 3.67. The van der Waals surface area contributed by atoms with Gasteiger partial charge in [0.05, 0.1) is 5.75 Å². The average Bonchev–Trinajstić information content (AvgIpc) is 3.26. The van der Waals surface area contributed by atoms with Gasteiger partial charge in [0.1, 0.15) is 6.61 Å². The minimum Gasteiger partial charge on any atom is -0.485 e. The lowest BCUT2D eigenvalue weighted by Gasteiger charge is -2.29. The Labute approximate surface area is 172 Å². The number of carbonyl (C=O) groups excluding carboxylic acids is 1. The van der Waals surface area contributed by atoms with Crippen LogP contribution in [0.15, 0.2) is 58.2 Å². The van der Waals surface area contributed by atoms with Gasteiger partial charge in [-0.1, -0.05) is 42.1 Å². The highest BCUT2D eigenvalue weighted by Gasteiger charge is 2.28. The smallest absolute Gasteiger partial charge is 0.277 e. The molecule has 0 fully saturated rings. The van der Waals surface area contributed by atoms with E-state index in [1.807, 2.05) is 47.4 Å². The minimum absolute atomic E-state index is 0.0353. The van der Waals surface area contributed by atoms with Crippen molar-refractivity contribution in [2.75, 3.05) is 23.8 Å². The third-order valence-electron chi connectivity index (χ3n) is 4.94. The first-order chi connectivity index (χ1) is 14.3. The lowest BCUT2D eigenvalue weighted by atomic mass is 10.0. The van der Waals surface area contributed by atoms with Crippen molar-refractivity contribution >= 4 is 23.4 Å². The number of thioether (sulfide) groups is 1. The van der Waals surface area contributed by atoms with Crippen molar-refractivity contribution in [3.8, 4) is 11.5 Å². The van der Waals surface area contributed by atoms with Crippen molar-refractivity contribution < 1.29 is 18.7 Å².